The topological polar surface area (TPSA) is 82.1 Å². The molecule has 1 aliphatic heterocycles. The summed E-state index contributed by atoms with van der Waals surface area (Å²) >= 11 is 0. The first-order valence-electron chi connectivity index (χ1n) is 9.95. The summed E-state index contributed by atoms with van der Waals surface area (Å²) in [7, 11) is 1.33. The third-order valence-corrected chi connectivity index (χ3v) is 5.39. The summed E-state index contributed by atoms with van der Waals surface area (Å²) < 4.78 is 15.5. The molecule has 0 bridgehead atoms. The number of carbonyl (C=O) groups excluding carboxylic acids is 3. The average Bonchev–Trinajstić information content (AvgIpc) is 2.77. The molecule has 0 N–H and O–H groups in total. The Hall–Kier alpha value is -2.67. The van der Waals surface area contributed by atoms with E-state index >= 15 is 0 Å². The predicted molar refractivity (Wildman–Crippen MR) is 104 cm³/mol. The van der Waals surface area contributed by atoms with Gasteiger partial charge in [-0.15, -0.1) is 0 Å². The Balaban J connectivity index is 1.45. The van der Waals surface area contributed by atoms with Crippen molar-refractivity contribution in [1.82, 2.24) is 4.90 Å². The van der Waals surface area contributed by atoms with Crippen LogP contribution in [-0.2, 0) is 35.2 Å². The van der Waals surface area contributed by atoms with E-state index in [-0.39, 0.29) is 49.6 Å². The average molecular weight is 401 g/mol. The lowest BCUT2D eigenvalue weighted by molar-refractivity contribution is -0.152. The zero-order chi connectivity index (χ0) is 20.6. The van der Waals surface area contributed by atoms with Crippen molar-refractivity contribution in [3.63, 3.8) is 0 Å². The molecule has 1 heterocycles. The molecule has 1 aromatic rings. The smallest absolute Gasteiger partial charge is 0.331 e. The van der Waals surface area contributed by atoms with Gasteiger partial charge in [0.2, 0.25) is 5.91 Å². The van der Waals surface area contributed by atoms with Crippen LogP contribution < -0.4 is 0 Å². The van der Waals surface area contributed by atoms with Gasteiger partial charge in [-0.1, -0.05) is 36.4 Å². The lowest BCUT2D eigenvalue weighted by atomic mass is 9.90. The Morgan fingerprint density at radius 1 is 1.10 bits per heavy atom. The van der Waals surface area contributed by atoms with Crippen molar-refractivity contribution in [2.75, 3.05) is 13.7 Å². The van der Waals surface area contributed by atoms with Crippen molar-refractivity contribution in [2.45, 2.75) is 50.9 Å². The van der Waals surface area contributed by atoms with E-state index in [1.807, 2.05) is 30.3 Å². The Morgan fingerprint density at radius 2 is 1.83 bits per heavy atom. The molecule has 0 saturated heterocycles. The zero-order valence-corrected chi connectivity index (χ0v) is 16.6. The quantitative estimate of drug-likeness (QED) is 0.653. The molecule has 1 amide bonds. The second kappa shape index (κ2) is 10.2. The highest BCUT2D eigenvalue weighted by molar-refractivity contribution is 5.86. The summed E-state index contributed by atoms with van der Waals surface area (Å²) in [4.78, 5) is 37.8. The molecule has 0 radical (unpaired) electrons. The van der Waals surface area contributed by atoms with Gasteiger partial charge in [-0.3, -0.25) is 9.59 Å². The molecule has 0 aromatic heterocycles. The fourth-order valence-electron chi connectivity index (χ4n) is 3.70. The van der Waals surface area contributed by atoms with E-state index in [2.05, 4.69) is 4.74 Å². The Labute approximate surface area is 170 Å². The summed E-state index contributed by atoms with van der Waals surface area (Å²) in [5, 5.41) is 0. The fourth-order valence-corrected chi connectivity index (χ4v) is 3.70. The van der Waals surface area contributed by atoms with Crippen LogP contribution in [0.4, 0.5) is 0 Å². The van der Waals surface area contributed by atoms with E-state index in [0.717, 1.165) is 31.2 Å². The molecule has 156 valence electrons. The lowest BCUT2D eigenvalue weighted by Crippen LogP contribution is -2.43. The van der Waals surface area contributed by atoms with Crippen LogP contribution >= 0.6 is 0 Å². The first-order valence-corrected chi connectivity index (χ1v) is 9.95. The van der Waals surface area contributed by atoms with Crippen LogP contribution in [0.1, 0.15) is 37.7 Å². The van der Waals surface area contributed by atoms with Gasteiger partial charge in [0.25, 0.3) is 0 Å². The third-order valence-electron chi connectivity index (χ3n) is 5.39. The number of nitrogens with zero attached hydrogens (tertiary/aromatic N) is 1. The van der Waals surface area contributed by atoms with E-state index < -0.39 is 5.92 Å². The number of hydrogen-bond donors (Lipinski definition) is 0. The lowest BCUT2D eigenvalue weighted by Gasteiger charge is -2.37. The number of methoxy groups -OCH3 is 1. The van der Waals surface area contributed by atoms with Gasteiger partial charge in [0, 0.05) is 18.7 Å². The van der Waals surface area contributed by atoms with Crippen LogP contribution in [0.5, 0.6) is 0 Å². The number of ether oxygens (including phenoxy) is 3. The molecular formula is C22H27NO6. The summed E-state index contributed by atoms with van der Waals surface area (Å²) in [6, 6.07) is 9.56. The van der Waals surface area contributed by atoms with Crippen LogP contribution in [0.25, 0.3) is 0 Å². The Morgan fingerprint density at radius 3 is 2.48 bits per heavy atom. The van der Waals surface area contributed by atoms with Gasteiger partial charge in [0.05, 0.1) is 19.1 Å². The molecule has 1 aliphatic carbocycles. The number of esters is 2. The third kappa shape index (κ3) is 5.90. The van der Waals surface area contributed by atoms with Crippen molar-refractivity contribution in [3.05, 3.63) is 48.2 Å². The van der Waals surface area contributed by atoms with E-state index in [0.29, 0.717) is 0 Å². The number of benzene rings is 1. The normalized spacial score (nSPS) is 24.2. The van der Waals surface area contributed by atoms with Crippen LogP contribution in [0.2, 0.25) is 0 Å². The Kier molecular flexibility index (Phi) is 7.41. The number of rotatable bonds is 7. The number of hydrogen-bond acceptors (Lipinski definition) is 6. The molecular weight excluding hydrogens is 374 g/mol. The molecule has 7 nitrogen and oxygen atoms in total. The molecule has 29 heavy (non-hydrogen) atoms. The number of amides is 1. The molecule has 2 aliphatic rings. The van der Waals surface area contributed by atoms with Gasteiger partial charge in [-0.25, -0.2) is 4.79 Å². The zero-order valence-electron chi connectivity index (χ0n) is 16.6. The highest BCUT2D eigenvalue weighted by Gasteiger charge is 2.33. The molecule has 0 spiro atoms. The molecule has 1 aromatic carbocycles. The molecule has 1 saturated carbocycles. The van der Waals surface area contributed by atoms with Crippen molar-refractivity contribution < 1.29 is 28.6 Å². The standard InChI is InChI=1S/C22H27NO6/c1-27-21(25)15-28-19-9-7-18(8-10-19)23-12-11-17(13-20(23)24)22(26)29-14-16-5-3-2-4-6-16/h2-6,11-12,17-19H,7-10,13-15H2,1H3. The summed E-state index contributed by atoms with van der Waals surface area (Å²) in [5.74, 6) is -1.36. The minimum absolute atomic E-state index is 0.00920. The minimum Gasteiger partial charge on any atom is -0.467 e. The maximum atomic E-state index is 12.6. The first-order chi connectivity index (χ1) is 14.1. The van der Waals surface area contributed by atoms with Crippen LogP contribution in [0.3, 0.4) is 0 Å². The van der Waals surface area contributed by atoms with Crippen molar-refractivity contribution >= 4 is 17.8 Å². The van der Waals surface area contributed by atoms with Crippen molar-refractivity contribution in [1.29, 1.82) is 0 Å². The summed E-state index contributed by atoms with van der Waals surface area (Å²) in [6.45, 7) is 0.165. The molecule has 3 rings (SSSR count). The van der Waals surface area contributed by atoms with Crippen LogP contribution in [0, 0.1) is 5.92 Å². The molecule has 1 unspecified atom stereocenters. The SMILES string of the molecule is COC(=O)COC1CCC(N2C=CC(C(=O)OCc3ccccc3)CC2=O)CC1. The maximum Gasteiger partial charge on any atom is 0.331 e. The number of carbonyl (C=O) groups is 3. The van der Waals surface area contributed by atoms with Gasteiger partial charge in [0.1, 0.15) is 13.2 Å². The highest BCUT2D eigenvalue weighted by Crippen LogP contribution is 2.29. The van der Waals surface area contributed by atoms with Gasteiger partial charge >= 0.3 is 11.9 Å². The summed E-state index contributed by atoms with van der Waals surface area (Å²) in [6.07, 6.45) is 6.77. The van der Waals surface area contributed by atoms with Crippen LogP contribution in [0.15, 0.2) is 42.6 Å². The van der Waals surface area contributed by atoms with E-state index in [1.165, 1.54) is 7.11 Å². The van der Waals surface area contributed by atoms with E-state index in [4.69, 9.17) is 9.47 Å². The first kappa shape index (κ1) is 21.0. The largest absolute Gasteiger partial charge is 0.467 e. The van der Waals surface area contributed by atoms with Gasteiger partial charge in [-0.05, 0) is 31.2 Å². The van der Waals surface area contributed by atoms with Crippen molar-refractivity contribution in [2.24, 2.45) is 5.92 Å². The Bertz CT molecular complexity index is 739. The highest BCUT2D eigenvalue weighted by atomic mass is 16.6. The predicted octanol–water partition coefficient (Wildman–Crippen LogP) is 2.59. The van der Waals surface area contributed by atoms with Gasteiger partial charge in [-0.2, -0.15) is 0 Å². The van der Waals surface area contributed by atoms with Crippen molar-refractivity contribution in [3.8, 4) is 0 Å². The minimum atomic E-state index is -0.540. The molecule has 1 atom stereocenters. The maximum absolute atomic E-state index is 12.6. The summed E-state index contributed by atoms with van der Waals surface area (Å²) in [5.41, 5.74) is 0.916. The molecule has 1 fully saturated rings. The van der Waals surface area contributed by atoms with Gasteiger partial charge in [0.15, 0.2) is 0 Å². The monoisotopic (exact) mass is 401 g/mol. The van der Waals surface area contributed by atoms with E-state index in [1.54, 1.807) is 17.2 Å². The van der Waals surface area contributed by atoms with Gasteiger partial charge < -0.3 is 19.1 Å². The fraction of sp³-hybridized carbons (Fsp3) is 0.500. The second-order valence-electron chi connectivity index (χ2n) is 7.36. The van der Waals surface area contributed by atoms with Crippen LogP contribution in [-0.4, -0.2) is 48.6 Å². The molecule has 7 heteroatoms. The second-order valence-corrected chi connectivity index (χ2v) is 7.36. The van der Waals surface area contributed by atoms with E-state index in [9.17, 15) is 14.4 Å².